The molecule has 4 heterocycles. The number of fused-ring (bicyclic) bond motifs is 8. The minimum atomic E-state index is -0.531. The summed E-state index contributed by atoms with van der Waals surface area (Å²) in [4.78, 5) is 5.00. The van der Waals surface area contributed by atoms with Crippen LogP contribution in [0.15, 0.2) is 174 Å². The lowest BCUT2D eigenvalue weighted by Gasteiger charge is -2.52. The van der Waals surface area contributed by atoms with Crippen LogP contribution in [0.25, 0.3) is 22.1 Å². The van der Waals surface area contributed by atoms with Crippen LogP contribution in [0.5, 0.6) is 0 Å². The van der Waals surface area contributed by atoms with E-state index in [-0.39, 0.29) is 6.85 Å². The first kappa shape index (κ1) is 27.7. The Balaban J connectivity index is 1.33. The standard InChI is InChI=1S/C46H31BN2O/c1-30-28-36-34-23-15-25-38-44(34)49(39-26-13-12-24-37(39)46(38,31-16-5-2-6-17-31)32-18-7-3-8-19-32)47-42(36)40(29-30)48(33-20-9-4-10-21-33)45-43(47)35-22-11-14-27-41(35)50-45/h2-29H,1H3. The second-order valence-electron chi connectivity index (χ2n) is 13.7. The molecule has 3 aliphatic rings. The van der Waals surface area contributed by atoms with Gasteiger partial charge in [-0.1, -0.05) is 140 Å². The Morgan fingerprint density at radius 1 is 0.540 bits per heavy atom. The van der Waals surface area contributed by atoms with E-state index < -0.39 is 5.41 Å². The number of rotatable bonds is 3. The Bertz CT molecular complexity index is 2590. The molecule has 3 aliphatic heterocycles. The number of furan rings is 1. The summed E-state index contributed by atoms with van der Waals surface area (Å²) in [5.41, 5.74) is 16.5. The van der Waals surface area contributed by atoms with E-state index in [4.69, 9.17) is 4.42 Å². The van der Waals surface area contributed by atoms with Crippen molar-refractivity contribution >= 4 is 57.4 Å². The number of hydrogen-bond acceptors (Lipinski definition) is 3. The molecule has 0 amide bonds. The van der Waals surface area contributed by atoms with E-state index in [9.17, 15) is 0 Å². The average Bonchev–Trinajstić information content (AvgIpc) is 3.56. The molecule has 7 aromatic carbocycles. The highest BCUT2D eigenvalue weighted by Gasteiger charge is 2.54. The van der Waals surface area contributed by atoms with Crippen molar-refractivity contribution in [3.63, 3.8) is 0 Å². The Morgan fingerprint density at radius 3 is 1.94 bits per heavy atom. The number of aryl methyl sites for hydroxylation is 1. The molecule has 3 nitrogen and oxygen atoms in total. The van der Waals surface area contributed by atoms with Crippen LogP contribution in [-0.2, 0) is 5.41 Å². The van der Waals surface area contributed by atoms with Crippen molar-refractivity contribution < 1.29 is 4.42 Å². The van der Waals surface area contributed by atoms with Gasteiger partial charge in [0.1, 0.15) is 5.58 Å². The minimum Gasteiger partial charge on any atom is -0.440 e. The Hall–Kier alpha value is -6.26. The molecule has 0 N–H and O–H groups in total. The van der Waals surface area contributed by atoms with Crippen LogP contribution in [0.4, 0.5) is 28.6 Å². The molecule has 8 aromatic rings. The predicted molar refractivity (Wildman–Crippen MR) is 207 cm³/mol. The van der Waals surface area contributed by atoms with Crippen molar-refractivity contribution in [3.8, 4) is 11.1 Å². The molecule has 0 spiro atoms. The summed E-state index contributed by atoms with van der Waals surface area (Å²) < 4.78 is 6.95. The monoisotopic (exact) mass is 638 g/mol. The molecule has 50 heavy (non-hydrogen) atoms. The van der Waals surface area contributed by atoms with Crippen LogP contribution in [-0.4, -0.2) is 6.85 Å². The molecular formula is C46H31BN2O. The molecule has 1 aromatic heterocycles. The van der Waals surface area contributed by atoms with Crippen molar-refractivity contribution in [2.75, 3.05) is 9.71 Å². The maximum absolute atomic E-state index is 6.95. The van der Waals surface area contributed by atoms with Gasteiger partial charge in [-0.15, -0.1) is 0 Å². The zero-order valence-electron chi connectivity index (χ0n) is 27.5. The van der Waals surface area contributed by atoms with Gasteiger partial charge in [-0.25, -0.2) is 0 Å². The SMILES string of the molecule is Cc1cc2c3c(c1)N(c1ccccc1)c1oc4ccccc4c1B3N1c3ccccc3C(c3ccccc3)(c3ccccc3)c3cccc-2c31. The third-order valence-electron chi connectivity index (χ3n) is 11.1. The molecule has 234 valence electrons. The summed E-state index contributed by atoms with van der Waals surface area (Å²) in [7, 11) is 0. The fourth-order valence-corrected chi connectivity index (χ4v) is 9.32. The van der Waals surface area contributed by atoms with Gasteiger partial charge in [-0.3, -0.25) is 4.90 Å². The van der Waals surface area contributed by atoms with E-state index in [2.05, 4.69) is 186 Å². The maximum atomic E-state index is 6.95. The van der Waals surface area contributed by atoms with Crippen LogP contribution in [0.3, 0.4) is 0 Å². The van der Waals surface area contributed by atoms with Crippen molar-refractivity contribution in [2.45, 2.75) is 12.3 Å². The lowest BCUT2D eigenvalue weighted by atomic mass is 9.42. The third-order valence-corrected chi connectivity index (χ3v) is 11.1. The fourth-order valence-electron chi connectivity index (χ4n) is 9.32. The van der Waals surface area contributed by atoms with Gasteiger partial charge in [-0.05, 0) is 76.1 Å². The van der Waals surface area contributed by atoms with Crippen molar-refractivity contribution in [1.29, 1.82) is 0 Å². The van der Waals surface area contributed by atoms with E-state index in [1.807, 2.05) is 0 Å². The third kappa shape index (κ3) is 3.45. The van der Waals surface area contributed by atoms with Crippen molar-refractivity contribution in [1.82, 2.24) is 0 Å². The number of para-hydroxylation sites is 4. The summed E-state index contributed by atoms with van der Waals surface area (Å²) in [5.74, 6) is 0.882. The average molecular weight is 639 g/mol. The van der Waals surface area contributed by atoms with E-state index in [0.29, 0.717) is 0 Å². The van der Waals surface area contributed by atoms with Crippen LogP contribution >= 0.6 is 0 Å². The van der Waals surface area contributed by atoms with Crippen LogP contribution < -0.4 is 20.6 Å². The van der Waals surface area contributed by atoms with Crippen molar-refractivity contribution in [3.05, 3.63) is 198 Å². The summed E-state index contributed by atoms with van der Waals surface area (Å²) in [5, 5.41) is 1.15. The minimum absolute atomic E-state index is 0.112. The molecule has 0 fully saturated rings. The van der Waals surface area contributed by atoms with Gasteiger partial charge in [0, 0.05) is 39.2 Å². The Morgan fingerprint density at radius 2 is 1.18 bits per heavy atom. The summed E-state index contributed by atoms with van der Waals surface area (Å²) in [6.45, 7) is 2.11. The van der Waals surface area contributed by atoms with Gasteiger partial charge in [0.15, 0.2) is 0 Å². The van der Waals surface area contributed by atoms with E-state index in [1.165, 1.54) is 66.9 Å². The lowest BCUT2D eigenvalue weighted by Crippen LogP contribution is -2.63. The first-order valence-corrected chi connectivity index (χ1v) is 17.4. The smallest absolute Gasteiger partial charge is 0.337 e. The molecule has 11 rings (SSSR count). The molecule has 0 bridgehead atoms. The van der Waals surface area contributed by atoms with Crippen LogP contribution in [0.1, 0.15) is 27.8 Å². The van der Waals surface area contributed by atoms with Gasteiger partial charge < -0.3 is 9.23 Å². The lowest BCUT2D eigenvalue weighted by molar-refractivity contribution is 0.622. The first-order chi connectivity index (χ1) is 24.7. The van der Waals surface area contributed by atoms with Crippen LogP contribution in [0.2, 0.25) is 0 Å². The number of nitrogens with zero attached hydrogens (tertiary/aromatic N) is 2. The number of anilines is 5. The summed E-state index contributed by atoms with van der Waals surface area (Å²) in [6, 6.07) is 62.2. The van der Waals surface area contributed by atoms with Crippen molar-refractivity contribution in [2.24, 2.45) is 0 Å². The first-order valence-electron chi connectivity index (χ1n) is 17.4. The van der Waals surface area contributed by atoms with Gasteiger partial charge in [0.2, 0.25) is 5.88 Å². The molecule has 0 radical (unpaired) electrons. The van der Waals surface area contributed by atoms with E-state index in [0.717, 1.165) is 22.5 Å². The molecule has 0 unspecified atom stereocenters. The quantitative estimate of drug-likeness (QED) is 0.180. The van der Waals surface area contributed by atoms with Gasteiger partial charge in [0.25, 0.3) is 0 Å². The van der Waals surface area contributed by atoms with Gasteiger partial charge >= 0.3 is 6.85 Å². The largest absolute Gasteiger partial charge is 0.440 e. The fraction of sp³-hybridized carbons (Fsp3) is 0.0435. The predicted octanol–water partition coefficient (Wildman–Crippen LogP) is 10.1. The number of benzene rings is 7. The Labute approximate surface area is 291 Å². The molecule has 0 atom stereocenters. The highest BCUT2D eigenvalue weighted by atomic mass is 16.4. The zero-order valence-corrected chi connectivity index (χ0v) is 27.5. The highest BCUT2D eigenvalue weighted by molar-refractivity contribution is 6.95. The van der Waals surface area contributed by atoms with E-state index >= 15 is 0 Å². The highest BCUT2D eigenvalue weighted by Crippen LogP contribution is 2.60. The second kappa shape index (κ2) is 10.1. The van der Waals surface area contributed by atoms with Gasteiger partial charge in [-0.2, -0.15) is 0 Å². The molecular weight excluding hydrogens is 607 g/mol. The normalized spacial score (nSPS) is 14.5. The van der Waals surface area contributed by atoms with E-state index in [1.54, 1.807) is 0 Å². The summed E-state index contributed by atoms with van der Waals surface area (Å²) >= 11 is 0. The Kier molecular flexibility index (Phi) is 5.61. The molecule has 0 saturated carbocycles. The topological polar surface area (TPSA) is 19.6 Å². The number of hydrogen-bond donors (Lipinski definition) is 0. The molecule has 4 heteroatoms. The second-order valence-corrected chi connectivity index (χ2v) is 13.7. The zero-order chi connectivity index (χ0) is 33.0. The van der Waals surface area contributed by atoms with Crippen LogP contribution in [0, 0.1) is 6.92 Å². The molecule has 0 saturated heterocycles. The molecule has 0 aliphatic carbocycles. The maximum Gasteiger partial charge on any atom is 0.337 e. The summed E-state index contributed by atoms with van der Waals surface area (Å²) in [6.07, 6.45) is 0. The van der Waals surface area contributed by atoms with Gasteiger partial charge in [0.05, 0.1) is 5.41 Å².